The Labute approximate surface area is 73.3 Å². The maximum Gasteiger partial charge on any atom is 0.139 e. The van der Waals surface area contributed by atoms with Gasteiger partial charge in [-0.15, -0.1) is 0 Å². The fraction of sp³-hybridized carbons (Fsp3) is 0.800. The predicted molar refractivity (Wildman–Crippen MR) is 46.8 cm³/mol. The summed E-state index contributed by atoms with van der Waals surface area (Å²) >= 11 is 0. The zero-order valence-electron chi connectivity index (χ0n) is 8.23. The Kier molecular flexibility index (Phi) is 1.89. The van der Waals surface area contributed by atoms with Crippen LogP contribution in [0.2, 0.25) is 0 Å². The van der Waals surface area contributed by atoms with Crippen molar-refractivity contribution in [2.75, 3.05) is 0 Å². The predicted octanol–water partition coefficient (Wildman–Crippen LogP) is 1.97. The molecule has 0 radical (unpaired) electrons. The molecule has 0 heterocycles. The topological polar surface area (TPSA) is 34.1 Å². The lowest BCUT2D eigenvalue weighted by atomic mass is 9.67. The molecule has 0 spiro atoms. The number of rotatable bonds is 1. The van der Waals surface area contributed by atoms with Crippen molar-refractivity contribution in [2.45, 2.75) is 40.5 Å². The Morgan fingerprint density at radius 2 is 1.83 bits per heavy atom. The minimum absolute atomic E-state index is 0.137. The van der Waals surface area contributed by atoms with Crippen LogP contribution in [0.5, 0.6) is 0 Å². The molecule has 0 aromatic rings. The van der Waals surface area contributed by atoms with Gasteiger partial charge in [-0.3, -0.25) is 9.59 Å². The molecule has 0 aromatic heterocycles. The molecular weight excluding hydrogens is 152 g/mol. The van der Waals surface area contributed by atoms with E-state index in [0.29, 0.717) is 12.8 Å². The minimum atomic E-state index is -0.459. The van der Waals surface area contributed by atoms with Crippen molar-refractivity contribution >= 4 is 11.6 Å². The Bertz CT molecular complexity index is 240. The average molecular weight is 168 g/mol. The Hall–Kier alpha value is -0.660. The Balaban J connectivity index is 3.10. The largest absolute Gasteiger partial charge is 0.299 e. The van der Waals surface area contributed by atoms with Crippen LogP contribution in [0.15, 0.2) is 0 Å². The lowest BCUT2D eigenvalue weighted by Gasteiger charge is -2.34. The van der Waals surface area contributed by atoms with Crippen molar-refractivity contribution in [3.63, 3.8) is 0 Å². The highest BCUT2D eigenvalue weighted by molar-refractivity contribution is 5.97. The smallest absolute Gasteiger partial charge is 0.139 e. The molecule has 2 nitrogen and oxygen atoms in total. The van der Waals surface area contributed by atoms with Crippen molar-refractivity contribution in [3.05, 3.63) is 0 Å². The van der Waals surface area contributed by atoms with E-state index in [1.807, 2.05) is 20.8 Å². The van der Waals surface area contributed by atoms with Crippen LogP contribution < -0.4 is 0 Å². The molecule has 0 saturated heterocycles. The van der Waals surface area contributed by atoms with Gasteiger partial charge < -0.3 is 0 Å². The standard InChI is InChI=1S/C10H16O2/c1-7(11)10(4)6-5-8(12)9(10,2)3/h5-6H2,1-4H3. The number of ketones is 2. The molecule has 12 heavy (non-hydrogen) atoms. The van der Waals surface area contributed by atoms with Crippen LogP contribution in [0.1, 0.15) is 40.5 Å². The first-order valence-electron chi connectivity index (χ1n) is 4.37. The normalized spacial score (nSPS) is 33.8. The van der Waals surface area contributed by atoms with Gasteiger partial charge in [-0.2, -0.15) is 0 Å². The third-order valence-electron chi connectivity index (χ3n) is 3.71. The minimum Gasteiger partial charge on any atom is -0.299 e. The van der Waals surface area contributed by atoms with Gasteiger partial charge in [-0.1, -0.05) is 20.8 Å². The number of carbonyl (C=O) groups is 2. The first kappa shape index (κ1) is 9.43. The Morgan fingerprint density at radius 3 is 2.00 bits per heavy atom. The number of hydrogen-bond acceptors (Lipinski definition) is 2. The van der Waals surface area contributed by atoms with Gasteiger partial charge in [0.05, 0.1) is 0 Å². The van der Waals surface area contributed by atoms with Crippen LogP contribution in [-0.2, 0) is 9.59 Å². The van der Waals surface area contributed by atoms with E-state index in [4.69, 9.17) is 0 Å². The van der Waals surface area contributed by atoms with E-state index in [9.17, 15) is 9.59 Å². The summed E-state index contributed by atoms with van der Waals surface area (Å²) in [6.07, 6.45) is 1.28. The van der Waals surface area contributed by atoms with Crippen LogP contribution >= 0.6 is 0 Å². The van der Waals surface area contributed by atoms with E-state index in [-0.39, 0.29) is 11.6 Å². The summed E-state index contributed by atoms with van der Waals surface area (Å²) in [5.41, 5.74) is -0.886. The molecule has 0 amide bonds. The van der Waals surface area contributed by atoms with Gasteiger partial charge in [0, 0.05) is 17.3 Å². The SMILES string of the molecule is CC(=O)C1(C)CCC(=O)C1(C)C. The molecule has 1 fully saturated rings. The first-order chi connectivity index (χ1) is 5.32. The van der Waals surface area contributed by atoms with Crippen LogP contribution in [0.4, 0.5) is 0 Å². The van der Waals surface area contributed by atoms with Crippen molar-refractivity contribution in [3.8, 4) is 0 Å². The summed E-state index contributed by atoms with van der Waals surface area (Å²) in [6, 6.07) is 0. The van der Waals surface area contributed by atoms with Crippen molar-refractivity contribution in [2.24, 2.45) is 10.8 Å². The van der Waals surface area contributed by atoms with E-state index in [2.05, 4.69) is 0 Å². The number of carbonyl (C=O) groups excluding carboxylic acids is 2. The summed E-state index contributed by atoms with van der Waals surface area (Å²) in [4.78, 5) is 22.8. The second-order valence-electron chi connectivity index (χ2n) is 4.44. The molecule has 1 unspecified atom stereocenters. The van der Waals surface area contributed by atoms with E-state index in [0.717, 1.165) is 0 Å². The van der Waals surface area contributed by atoms with Crippen LogP contribution in [-0.4, -0.2) is 11.6 Å². The molecule has 68 valence electrons. The van der Waals surface area contributed by atoms with Crippen molar-refractivity contribution in [1.29, 1.82) is 0 Å². The zero-order chi connectivity index (χ0) is 9.57. The third-order valence-corrected chi connectivity index (χ3v) is 3.71. The fourth-order valence-electron chi connectivity index (χ4n) is 1.91. The molecule has 1 atom stereocenters. The van der Waals surface area contributed by atoms with E-state index in [1.165, 1.54) is 0 Å². The van der Waals surface area contributed by atoms with Gasteiger partial charge in [0.2, 0.25) is 0 Å². The molecule has 0 aromatic carbocycles. The van der Waals surface area contributed by atoms with Crippen molar-refractivity contribution < 1.29 is 9.59 Å². The van der Waals surface area contributed by atoms with Crippen LogP contribution in [0.25, 0.3) is 0 Å². The van der Waals surface area contributed by atoms with Crippen LogP contribution in [0, 0.1) is 10.8 Å². The lowest BCUT2D eigenvalue weighted by Crippen LogP contribution is -2.39. The monoisotopic (exact) mass is 168 g/mol. The van der Waals surface area contributed by atoms with Gasteiger partial charge in [0.15, 0.2) is 0 Å². The van der Waals surface area contributed by atoms with Gasteiger partial charge in [-0.25, -0.2) is 0 Å². The molecular formula is C10H16O2. The molecule has 1 aliphatic rings. The van der Waals surface area contributed by atoms with E-state index >= 15 is 0 Å². The summed E-state index contributed by atoms with van der Waals surface area (Å²) < 4.78 is 0. The highest BCUT2D eigenvalue weighted by Crippen LogP contribution is 2.50. The molecule has 0 bridgehead atoms. The Morgan fingerprint density at radius 1 is 1.33 bits per heavy atom. The second kappa shape index (κ2) is 2.41. The average Bonchev–Trinajstić information content (AvgIpc) is 2.15. The van der Waals surface area contributed by atoms with E-state index in [1.54, 1.807) is 6.92 Å². The quantitative estimate of drug-likeness (QED) is 0.600. The summed E-state index contributed by atoms with van der Waals surface area (Å²) in [6.45, 7) is 7.24. The summed E-state index contributed by atoms with van der Waals surface area (Å²) in [5.74, 6) is 0.360. The first-order valence-corrected chi connectivity index (χ1v) is 4.37. The molecule has 0 aliphatic heterocycles. The number of Topliss-reactive ketones (excluding diaryl/α,β-unsaturated/α-hetero) is 2. The maximum atomic E-state index is 11.5. The van der Waals surface area contributed by atoms with Gasteiger partial charge in [-0.05, 0) is 13.3 Å². The highest BCUT2D eigenvalue weighted by atomic mass is 16.1. The van der Waals surface area contributed by atoms with Gasteiger partial charge >= 0.3 is 0 Å². The highest BCUT2D eigenvalue weighted by Gasteiger charge is 2.53. The number of hydrogen-bond donors (Lipinski definition) is 0. The molecule has 1 aliphatic carbocycles. The molecule has 1 saturated carbocycles. The second-order valence-corrected chi connectivity index (χ2v) is 4.44. The van der Waals surface area contributed by atoms with E-state index < -0.39 is 10.8 Å². The zero-order valence-corrected chi connectivity index (χ0v) is 8.23. The lowest BCUT2D eigenvalue weighted by molar-refractivity contribution is -0.137. The van der Waals surface area contributed by atoms with Gasteiger partial charge in [0.1, 0.15) is 11.6 Å². The van der Waals surface area contributed by atoms with Crippen molar-refractivity contribution in [1.82, 2.24) is 0 Å². The summed E-state index contributed by atoms with van der Waals surface area (Å²) in [5, 5.41) is 0. The molecule has 1 rings (SSSR count). The maximum absolute atomic E-state index is 11.5. The molecule has 0 N–H and O–H groups in total. The summed E-state index contributed by atoms with van der Waals surface area (Å²) in [7, 11) is 0. The fourth-order valence-corrected chi connectivity index (χ4v) is 1.91. The van der Waals surface area contributed by atoms with Gasteiger partial charge in [0.25, 0.3) is 0 Å². The third kappa shape index (κ3) is 0.936. The van der Waals surface area contributed by atoms with Crippen LogP contribution in [0.3, 0.4) is 0 Å². The molecule has 2 heteroatoms.